The molecule has 0 bridgehead atoms. The second-order valence-corrected chi connectivity index (χ2v) is 6.47. The van der Waals surface area contributed by atoms with Crippen LogP contribution in [0.25, 0.3) is 0 Å². The first-order valence-electron chi connectivity index (χ1n) is 9.00. The molecule has 0 spiro atoms. The highest BCUT2D eigenvalue weighted by molar-refractivity contribution is 6.39. The molecule has 0 aromatic heterocycles. The minimum absolute atomic E-state index is 0.0465. The average molecular weight is 338 g/mol. The molecule has 136 valence electrons. The number of nitrogens with zero attached hydrogens (tertiary/aromatic N) is 3. The van der Waals surface area contributed by atoms with Gasteiger partial charge in [0.2, 0.25) is 5.91 Å². The Morgan fingerprint density at radius 2 is 1.92 bits per heavy atom. The summed E-state index contributed by atoms with van der Waals surface area (Å²) in [5.41, 5.74) is 0.447. The smallest absolute Gasteiger partial charge is 0.267 e. The number of carbonyl (C=O) groups excluding carboxylic acids is 2. The molecule has 2 amide bonds. The van der Waals surface area contributed by atoms with E-state index in [0.29, 0.717) is 37.1 Å². The molecule has 2 heterocycles. The molecule has 2 rings (SSSR count). The molecule has 0 radical (unpaired) electrons. The molecule has 7 nitrogen and oxygen atoms in total. The Morgan fingerprint density at radius 1 is 1.25 bits per heavy atom. The lowest BCUT2D eigenvalue weighted by Crippen LogP contribution is -2.52. The Morgan fingerprint density at radius 3 is 2.50 bits per heavy atom. The number of ether oxygens (including phenoxy) is 1. The van der Waals surface area contributed by atoms with E-state index in [1.807, 2.05) is 0 Å². The van der Waals surface area contributed by atoms with Crippen LogP contribution in [0.15, 0.2) is 5.10 Å². The van der Waals surface area contributed by atoms with Crippen LogP contribution < -0.4 is 5.32 Å². The molecule has 0 saturated carbocycles. The predicted molar refractivity (Wildman–Crippen MR) is 92.7 cm³/mol. The maximum atomic E-state index is 12.4. The van der Waals surface area contributed by atoms with Crippen LogP contribution in [0.2, 0.25) is 0 Å². The standard InChI is InChI=1S/C17H30N4O3/c1-4-13(5-2)15(21-8-10-24-11-9-21)12-18-17(23)14-6-7-16(22)20(3)19-14/h13,15H,4-12H2,1-3H3,(H,18,23). The van der Waals surface area contributed by atoms with Gasteiger partial charge in [0.1, 0.15) is 5.71 Å². The van der Waals surface area contributed by atoms with Gasteiger partial charge in [0.15, 0.2) is 0 Å². The molecule has 1 unspecified atom stereocenters. The fourth-order valence-corrected chi connectivity index (χ4v) is 3.47. The maximum absolute atomic E-state index is 12.4. The van der Waals surface area contributed by atoms with Crippen LogP contribution in [0, 0.1) is 5.92 Å². The molecule has 1 atom stereocenters. The molecule has 1 N–H and O–H groups in total. The van der Waals surface area contributed by atoms with E-state index in [2.05, 4.69) is 29.2 Å². The molecule has 0 aromatic rings. The van der Waals surface area contributed by atoms with E-state index in [1.165, 1.54) is 5.01 Å². The summed E-state index contributed by atoms with van der Waals surface area (Å²) in [4.78, 5) is 26.3. The third kappa shape index (κ3) is 4.77. The first-order valence-corrected chi connectivity index (χ1v) is 9.00. The summed E-state index contributed by atoms with van der Waals surface area (Å²) in [6, 6.07) is 0.316. The maximum Gasteiger partial charge on any atom is 0.267 e. The van der Waals surface area contributed by atoms with Crippen LogP contribution in [0.4, 0.5) is 0 Å². The van der Waals surface area contributed by atoms with E-state index in [0.717, 1.165) is 39.1 Å². The number of hydrogen-bond acceptors (Lipinski definition) is 5. The van der Waals surface area contributed by atoms with Gasteiger partial charge in [-0.05, 0) is 5.92 Å². The van der Waals surface area contributed by atoms with Crippen LogP contribution >= 0.6 is 0 Å². The van der Waals surface area contributed by atoms with Crippen molar-refractivity contribution in [2.75, 3.05) is 39.9 Å². The van der Waals surface area contributed by atoms with Gasteiger partial charge in [-0.15, -0.1) is 0 Å². The lowest BCUT2D eigenvalue weighted by Gasteiger charge is -2.38. The monoisotopic (exact) mass is 338 g/mol. The van der Waals surface area contributed by atoms with Crippen molar-refractivity contribution in [2.45, 2.75) is 45.6 Å². The van der Waals surface area contributed by atoms with Crippen LogP contribution in [0.5, 0.6) is 0 Å². The zero-order valence-electron chi connectivity index (χ0n) is 15.1. The third-order valence-corrected chi connectivity index (χ3v) is 5.05. The predicted octanol–water partition coefficient (Wildman–Crippen LogP) is 0.848. The zero-order valence-corrected chi connectivity index (χ0v) is 15.1. The minimum Gasteiger partial charge on any atom is -0.379 e. The van der Waals surface area contributed by atoms with Crippen LogP contribution in [0.3, 0.4) is 0 Å². The third-order valence-electron chi connectivity index (χ3n) is 5.05. The summed E-state index contributed by atoms with van der Waals surface area (Å²) in [5.74, 6) is 0.342. The highest BCUT2D eigenvalue weighted by atomic mass is 16.5. The molecule has 2 aliphatic heterocycles. The molecule has 24 heavy (non-hydrogen) atoms. The Hall–Kier alpha value is -1.47. The fourth-order valence-electron chi connectivity index (χ4n) is 3.47. The quantitative estimate of drug-likeness (QED) is 0.747. The second kappa shape index (κ2) is 9.13. The fraction of sp³-hybridized carbons (Fsp3) is 0.824. The van der Waals surface area contributed by atoms with Crippen molar-refractivity contribution < 1.29 is 14.3 Å². The normalized spacial score (nSPS) is 20.9. The van der Waals surface area contributed by atoms with Crippen LogP contribution in [-0.2, 0) is 14.3 Å². The van der Waals surface area contributed by atoms with Gasteiger partial charge in [-0.1, -0.05) is 26.7 Å². The van der Waals surface area contributed by atoms with Crippen molar-refractivity contribution in [2.24, 2.45) is 11.0 Å². The first-order chi connectivity index (χ1) is 11.6. The summed E-state index contributed by atoms with van der Waals surface area (Å²) in [6.07, 6.45) is 2.95. The summed E-state index contributed by atoms with van der Waals surface area (Å²) < 4.78 is 5.45. The van der Waals surface area contributed by atoms with Gasteiger partial charge in [0.25, 0.3) is 5.91 Å². The van der Waals surface area contributed by atoms with Crippen molar-refractivity contribution in [3.63, 3.8) is 0 Å². The summed E-state index contributed by atoms with van der Waals surface area (Å²) in [5, 5.41) is 8.40. The minimum atomic E-state index is -0.154. The van der Waals surface area contributed by atoms with Gasteiger partial charge in [-0.3, -0.25) is 14.5 Å². The second-order valence-electron chi connectivity index (χ2n) is 6.47. The lowest BCUT2D eigenvalue weighted by molar-refractivity contribution is -0.130. The van der Waals surface area contributed by atoms with E-state index < -0.39 is 0 Å². The summed E-state index contributed by atoms with van der Waals surface area (Å²) >= 11 is 0. The summed E-state index contributed by atoms with van der Waals surface area (Å²) in [6.45, 7) is 8.35. The molecular weight excluding hydrogens is 308 g/mol. The van der Waals surface area contributed by atoms with Crippen LogP contribution in [0.1, 0.15) is 39.5 Å². The molecule has 1 saturated heterocycles. The first kappa shape index (κ1) is 18.9. The van der Waals surface area contributed by atoms with E-state index in [1.54, 1.807) is 7.05 Å². The Kier molecular flexibility index (Phi) is 7.17. The van der Waals surface area contributed by atoms with E-state index in [4.69, 9.17) is 4.74 Å². The van der Waals surface area contributed by atoms with Gasteiger partial charge in [-0.2, -0.15) is 5.10 Å². The molecule has 7 heteroatoms. The number of rotatable bonds is 7. The molecule has 0 aromatic carbocycles. The van der Waals surface area contributed by atoms with Crippen molar-refractivity contribution in [3.05, 3.63) is 0 Å². The van der Waals surface area contributed by atoms with Crippen molar-refractivity contribution in [1.29, 1.82) is 0 Å². The number of morpholine rings is 1. The average Bonchev–Trinajstić information content (AvgIpc) is 2.61. The number of amides is 2. The van der Waals surface area contributed by atoms with Gasteiger partial charge in [0.05, 0.1) is 13.2 Å². The number of nitrogens with one attached hydrogen (secondary N) is 1. The highest BCUT2D eigenvalue weighted by Gasteiger charge is 2.28. The van der Waals surface area contributed by atoms with E-state index in [9.17, 15) is 9.59 Å². The topological polar surface area (TPSA) is 74.2 Å². The Labute approximate surface area is 144 Å². The van der Waals surface area contributed by atoms with E-state index in [-0.39, 0.29) is 11.8 Å². The van der Waals surface area contributed by atoms with Gasteiger partial charge >= 0.3 is 0 Å². The van der Waals surface area contributed by atoms with Crippen molar-refractivity contribution in [1.82, 2.24) is 15.2 Å². The lowest BCUT2D eigenvalue weighted by atomic mass is 9.92. The number of carbonyl (C=O) groups is 2. The van der Waals surface area contributed by atoms with Gasteiger partial charge < -0.3 is 10.1 Å². The van der Waals surface area contributed by atoms with Crippen LogP contribution in [-0.4, -0.2) is 73.4 Å². The van der Waals surface area contributed by atoms with Crippen molar-refractivity contribution >= 4 is 17.5 Å². The van der Waals surface area contributed by atoms with E-state index >= 15 is 0 Å². The zero-order chi connectivity index (χ0) is 17.5. The van der Waals surface area contributed by atoms with Crippen molar-refractivity contribution in [3.8, 4) is 0 Å². The molecule has 2 aliphatic rings. The highest BCUT2D eigenvalue weighted by Crippen LogP contribution is 2.19. The molecule has 1 fully saturated rings. The molecule has 0 aliphatic carbocycles. The Balaban J connectivity index is 1.97. The summed E-state index contributed by atoms with van der Waals surface area (Å²) in [7, 11) is 1.59. The Bertz CT molecular complexity index is 470. The number of hydrazone groups is 1. The number of hydrogen-bond donors (Lipinski definition) is 1. The van der Waals surface area contributed by atoms with Gasteiger partial charge in [0, 0.05) is 45.6 Å². The molecular formula is C17H30N4O3. The SMILES string of the molecule is CCC(CC)C(CNC(=O)C1=NN(C)C(=O)CC1)N1CCOCC1. The van der Waals surface area contributed by atoms with Gasteiger partial charge in [-0.25, -0.2) is 5.01 Å². The largest absolute Gasteiger partial charge is 0.379 e.